The fraction of sp³-hybridized carbons (Fsp3) is 0.717. The van der Waals surface area contributed by atoms with Gasteiger partial charge in [0.05, 0.1) is 18.1 Å². The molecular formula is C46H74N4O9. The molecule has 332 valence electrons. The zero-order valence-corrected chi connectivity index (χ0v) is 37.7. The normalized spacial score (nSPS) is 20.0. The van der Waals surface area contributed by atoms with E-state index < -0.39 is 52.7 Å². The first kappa shape index (κ1) is 49.4. The predicted octanol–water partition coefficient (Wildman–Crippen LogP) is 7.67. The average Bonchev–Trinajstić information content (AvgIpc) is 3.60. The quantitative estimate of drug-likeness (QED) is 0.0546. The molecule has 2 fully saturated rings. The van der Waals surface area contributed by atoms with Gasteiger partial charge in [-0.1, -0.05) is 69.2 Å². The van der Waals surface area contributed by atoms with E-state index in [-0.39, 0.29) is 42.5 Å². The molecule has 2 aliphatic rings. The van der Waals surface area contributed by atoms with Crippen molar-refractivity contribution >= 4 is 29.8 Å². The number of likely N-dealkylation sites (tertiary alicyclic amines) is 1. The number of ether oxygens (including phenoxy) is 3. The predicted molar refractivity (Wildman–Crippen MR) is 227 cm³/mol. The van der Waals surface area contributed by atoms with Crippen LogP contribution in [0.25, 0.3) is 0 Å². The van der Waals surface area contributed by atoms with Crippen LogP contribution in [0, 0.1) is 11.8 Å². The van der Waals surface area contributed by atoms with Gasteiger partial charge in [-0.3, -0.25) is 14.4 Å². The summed E-state index contributed by atoms with van der Waals surface area (Å²) >= 11 is 0. The molecule has 1 aromatic rings. The van der Waals surface area contributed by atoms with Gasteiger partial charge in [0, 0.05) is 36.9 Å². The van der Waals surface area contributed by atoms with E-state index in [1.165, 1.54) is 5.06 Å². The lowest BCUT2D eigenvalue weighted by Crippen LogP contribution is -2.60. The molecule has 59 heavy (non-hydrogen) atoms. The summed E-state index contributed by atoms with van der Waals surface area (Å²) < 4.78 is 16.9. The molecule has 0 spiro atoms. The van der Waals surface area contributed by atoms with Crippen molar-refractivity contribution in [2.24, 2.45) is 11.8 Å². The van der Waals surface area contributed by atoms with Gasteiger partial charge >= 0.3 is 18.0 Å². The first-order valence-corrected chi connectivity index (χ1v) is 21.7. The molecule has 0 bridgehead atoms. The van der Waals surface area contributed by atoms with Crippen molar-refractivity contribution in [2.75, 3.05) is 6.54 Å². The highest BCUT2D eigenvalue weighted by atomic mass is 16.6. The minimum absolute atomic E-state index is 0.203. The summed E-state index contributed by atoms with van der Waals surface area (Å²) in [6.07, 6.45) is 7.93. The molecule has 0 aromatic heterocycles. The Morgan fingerprint density at radius 3 is 2.15 bits per heavy atom. The number of hydrogen-bond acceptors (Lipinski definition) is 10. The fourth-order valence-corrected chi connectivity index (χ4v) is 8.18. The van der Waals surface area contributed by atoms with Gasteiger partial charge in [0.2, 0.25) is 11.8 Å². The lowest BCUT2D eigenvalue weighted by atomic mass is 9.80. The van der Waals surface area contributed by atoms with E-state index in [0.29, 0.717) is 70.8 Å². The second kappa shape index (κ2) is 22.0. The van der Waals surface area contributed by atoms with Gasteiger partial charge in [0.25, 0.3) is 0 Å². The number of alkyl carbamates (subject to hydrolysis) is 1. The molecule has 4 atom stereocenters. The molecular weight excluding hydrogens is 753 g/mol. The highest BCUT2D eigenvalue weighted by molar-refractivity contribution is 5.92. The number of hydrogen-bond donors (Lipinski definition) is 3. The van der Waals surface area contributed by atoms with E-state index in [0.717, 1.165) is 5.56 Å². The van der Waals surface area contributed by atoms with Crippen LogP contribution >= 0.6 is 0 Å². The number of benzene rings is 1. The number of hydroxylamine groups is 2. The van der Waals surface area contributed by atoms with Gasteiger partial charge in [-0.25, -0.2) is 9.59 Å². The lowest BCUT2D eigenvalue weighted by Gasteiger charge is -2.50. The number of rotatable bonds is 19. The number of esters is 2. The Labute approximate surface area is 353 Å². The second-order valence-corrected chi connectivity index (χ2v) is 19.4. The van der Waals surface area contributed by atoms with Crippen LogP contribution in [0.4, 0.5) is 4.79 Å². The van der Waals surface area contributed by atoms with Crippen molar-refractivity contribution in [1.29, 1.82) is 0 Å². The molecule has 3 amide bonds. The van der Waals surface area contributed by atoms with E-state index in [4.69, 9.17) is 14.2 Å². The van der Waals surface area contributed by atoms with Crippen molar-refractivity contribution in [1.82, 2.24) is 20.6 Å². The molecule has 0 saturated carbocycles. The van der Waals surface area contributed by atoms with E-state index in [9.17, 15) is 29.2 Å². The highest BCUT2D eigenvalue weighted by Crippen LogP contribution is 2.38. The minimum Gasteiger partial charge on any atom is -0.462 e. The number of unbranched alkanes of at least 4 members (excludes halogenated alkanes) is 2. The first-order chi connectivity index (χ1) is 27.5. The van der Waals surface area contributed by atoms with Crippen LogP contribution in [0.2, 0.25) is 0 Å². The van der Waals surface area contributed by atoms with E-state index in [2.05, 4.69) is 24.5 Å². The number of nitrogens with zero attached hydrogens (tertiary/aromatic N) is 2. The van der Waals surface area contributed by atoms with Crippen molar-refractivity contribution in [3.8, 4) is 0 Å². The van der Waals surface area contributed by atoms with Gasteiger partial charge in [-0.15, -0.1) is 0 Å². The van der Waals surface area contributed by atoms with Crippen LogP contribution in [0.3, 0.4) is 0 Å². The number of piperidine rings is 1. The first-order valence-electron chi connectivity index (χ1n) is 21.7. The van der Waals surface area contributed by atoms with Crippen LogP contribution in [0.1, 0.15) is 146 Å². The van der Waals surface area contributed by atoms with Gasteiger partial charge < -0.3 is 35.0 Å². The Balaban J connectivity index is 1.68. The standard InChI is InChI=1S/C46H74N4O9/c1-31(2)27-35(47-43(55)59-44(5,6)7)25-24-34(28-33-19-14-12-15-20-33)41(53)49-26-18-22-38(49)40(52)48-37(42(54)57-32(3)4)21-16-13-17-23-39(51)58-36-29-45(8,9)50(56)46(10,11)30-36/h12,14-15,19-20,24-25,31-32,34-38,56H,13,16-18,21-23,26-30H2,1-11H3,(H,47,55)(H,48,52)/b25-24+/t34-,35-,37+,38+/m1/s1. The van der Waals surface area contributed by atoms with Crippen LogP contribution in [-0.4, -0.2) is 98.6 Å². The molecule has 1 aromatic carbocycles. The molecule has 3 N–H and O–H groups in total. The molecule has 0 radical (unpaired) electrons. The average molecular weight is 827 g/mol. The fourth-order valence-electron chi connectivity index (χ4n) is 8.18. The van der Waals surface area contributed by atoms with E-state index in [1.807, 2.05) is 70.2 Å². The number of carbonyl (C=O) groups excluding carboxylic acids is 5. The summed E-state index contributed by atoms with van der Waals surface area (Å²) in [6.45, 7) is 21.1. The highest BCUT2D eigenvalue weighted by Gasteiger charge is 2.46. The zero-order chi connectivity index (χ0) is 44.1. The summed E-state index contributed by atoms with van der Waals surface area (Å²) in [4.78, 5) is 68.8. The third-order valence-electron chi connectivity index (χ3n) is 10.7. The number of amides is 3. The van der Waals surface area contributed by atoms with E-state index >= 15 is 0 Å². The van der Waals surface area contributed by atoms with Crippen LogP contribution in [0.5, 0.6) is 0 Å². The summed E-state index contributed by atoms with van der Waals surface area (Å²) in [6, 6.07) is 7.62. The van der Waals surface area contributed by atoms with E-state index in [1.54, 1.807) is 39.5 Å². The smallest absolute Gasteiger partial charge is 0.408 e. The molecule has 2 heterocycles. The largest absolute Gasteiger partial charge is 0.462 e. The topological polar surface area (TPSA) is 164 Å². The van der Waals surface area contributed by atoms with Crippen molar-refractivity contribution < 1.29 is 43.4 Å². The molecule has 2 aliphatic heterocycles. The summed E-state index contributed by atoms with van der Waals surface area (Å²) in [5.41, 5.74) is -0.761. The van der Waals surface area contributed by atoms with Gasteiger partial charge in [-0.05, 0) is 112 Å². The summed E-state index contributed by atoms with van der Waals surface area (Å²) in [7, 11) is 0. The maximum atomic E-state index is 14.4. The maximum Gasteiger partial charge on any atom is 0.408 e. The monoisotopic (exact) mass is 827 g/mol. The molecule has 13 nitrogen and oxygen atoms in total. The molecule has 0 aliphatic carbocycles. The summed E-state index contributed by atoms with van der Waals surface area (Å²) in [5.74, 6) is -1.80. The van der Waals surface area contributed by atoms with Crippen LogP contribution < -0.4 is 10.6 Å². The third kappa shape index (κ3) is 16.5. The maximum absolute atomic E-state index is 14.4. The Bertz CT molecular complexity index is 1550. The minimum atomic E-state index is -0.918. The third-order valence-corrected chi connectivity index (χ3v) is 10.7. The van der Waals surface area contributed by atoms with Crippen molar-refractivity contribution in [3.63, 3.8) is 0 Å². The molecule has 0 unspecified atom stereocenters. The Morgan fingerprint density at radius 1 is 0.915 bits per heavy atom. The Kier molecular flexibility index (Phi) is 18.5. The van der Waals surface area contributed by atoms with Gasteiger partial charge in [0.15, 0.2) is 0 Å². The van der Waals surface area contributed by atoms with Gasteiger partial charge in [-0.2, -0.15) is 5.06 Å². The second-order valence-electron chi connectivity index (χ2n) is 19.4. The Hall–Kier alpha value is -3.97. The Morgan fingerprint density at radius 2 is 1.56 bits per heavy atom. The van der Waals surface area contributed by atoms with Crippen molar-refractivity contribution in [2.45, 2.75) is 194 Å². The summed E-state index contributed by atoms with van der Waals surface area (Å²) in [5, 5.41) is 17.8. The van der Waals surface area contributed by atoms with Crippen LogP contribution in [-0.2, 0) is 39.8 Å². The lowest BCUT2D eigenvalue weighted by molar-refractivity contribution is -0.259. The molecule has 2 saturated heterocycles. The molecule has 3 rings (SSSR count). The number of nitrogens with one attached hydrogen (secondary N) is 2. The van der Waals surface area contributed by atoms with Crippen LogP contribution in [0.15, 0.2) is 42.5 Å². The molecule has 13 heteroatoms. The zero-order valence-electron chi connectivity index (χ0n) is 37.7. The SMILES string of the molecule is CC(C)C[C@@H](/C=C/[C@H](Cc1ccccc1)C(=O)N1CCC[C@H]1C(=O)N[C@@H](CCCCCC(=O)OC1CC(C)(C)N(O)C(C)(C)C1)C(=O)OC(C)C)NC(=O)OC(C)(C)C. The van der Waals surface area contributed by atoms with Gasteiger partial charge in [0.1, 0.15) is 23.8 Å². The van der Waals surface area contributed by atoms with Crippen molar-refractivity contribution in [3.05, 3.63) is 48.0 Å². The number of carbonyl (C=O) groups is 5.